The van der Waals surface area contributed by atoms with Gasteiger partial charge in [-0.15, -0.1) is 0 Å². The number of hydrogen-bond donors (Lipinski definition) is 1. The Balaban J connectivity index is 1.12. The van der Waals surface area contributed by atoms with Gasteiger partial charge in [-0.2, -0.15) is 0 Å². The Hall–Kier alpha value is -6.52. The molecule has 9 aromatic rings. The first kappa shape index (κ1) is 28.7. The van der Waals surface area contributed by atoms with Crippen LogP contribution >= 0.6 is 0 Å². The van der Waals surface area contributed by atoms with Crippen LogP contribution in [0.1, 0.15) is 5.56 Å². The van der Waals surface area contributed by atoms with Gasteiger partial charge in [-0.05, 0) is 93.5 Å². The largest absolute Gasteiger partial charge is 0.486 e. The summed E-state index contributed by atoms with van der Waals surface area (Å²) in [4.78, 5) is 2.29. The lowest BCUT2D eigenvalue weighted by molar-refractivity contribution is 0.312. The first-order valence-corrected chi connectivity index (χ1v) is 16.5. The van der Waals surface area contributed by atoms with E-state index in [2.05, 4.69) is 132 Å². The Labute approximate surface area is 284 Å². The number of nitrogen functional groups attached to an aromatic ring is 1. The van der Waals surface area contributed by atoms with E-state index in [9.17, 15) is 0 Å². The molecule has 0 saturated carbocycles. The Morgan fingerprint density at radius 1 is 0.490 bits per heavy atom. The van der Waals surface area contributed by atoms with Gasteiger partial charge in [0.05, 0.1) is 5.69 Å². The summed E-state index contributed by atoms with van der Waals surface area (Å²) in [5.74, 6) is 0.723. The summed E-state index contributed by atoms with van der Waals surface area (Å²) in [6.07, 6.45) is 0. The first-order valence-electron chi connectivity index (χ1n) is 16.5. The molecule has 0 bridgehead atoms. The van der Waals surface area contributed by atoms with Crippen molar-refractivity contribution in [3.8, 4) is 16.9 Å². The van der Waals surface area contributed by atoms with Gasteiger partial charge in [0.25, 0.3) is 0 Å². The molecule has 9 rings (SSSR count). The molecule has 49 heavy (non-hydrogen) atoms. The number of nitrogens with zero attached hydrogens (tertiary/aromatic N) is 1. The number of fused-ring (bicyclic) bond motifs is 6. The lowest BCUT2D eigenvalue weighted by Crippen LogP contribution is -2.09. The third kappa shape index (κ3) is 5.20. The van der Waals surface area contributed by atoms with Crippen molar-refractivity contribution in [3.05, 3.63) is 175 Å². The van der Waals surface area contributed by atoms with Crippen molar-refractivity contribution in [3.63, 3.8) is 0 Å². The monoisotopic (exact) mass is 632 g/mol. The van der Waals surface area contributed by atoms with Gasteiger partial charge >= 0.3 is 0 Å². The van der Waals surface area contributed by atoms with Crippen LogP contribution in [0.25, 0.3) is 54.6 Å². The normalized spacial score (nSPS) is 11.4. The fourth-order valence-electron chi connectivity index (χ4n) is 6.87. The fraction of sp³-hybridized carbons (Fsp3) is 0.0222. The minimum absolute atomic E-state index is 0.448. The summed E-state index contributed by atoms with van der Waals surface area (Å²) < 4.78 is 12.6. The van der Waals surface area contributed by atoms with E-state index in [4.69, 9.17) is 14.9 Å². The zero-order chi connectivity index (χ0) is 32.7. The molecule has 0 radical (unpaired) electrons. The van der Waals surface area contributed by atoms with Crippen LogP contribution in [0.3, 0.4) is 0 Å². The lowest BCUT2D eigenvalue weighted by atomic mass is 9.96. The zero-order valence-electron chi connectivity index (χ0n) is 26.7. The molecule has 0 atom stereocenters. The van der Waals surface area contributed by atoms with Crippen molar-refractivity contribution in [2.45, 2.75) is 6.61 Å². The van der Waals surface area contributed by atoms with Crippen molar-refractivity contribution in [1.29, 1.82) is 0 Å². The number of benzene rings is 8. The standard InChI is InChI=1S/C45H32N2O2/c46-41-25-21-33-17-15-32-16-18-34(27-39(32)44(33)45(41)48-29-30-9-3-1-4-10-30)31-19-22-36(23-20-31)47(35-11-5-2-6-12-35)37-24-26-43-40(28-37)38-13-7-8-14-42(38)49-43/h1-28H,29,46H2. The topological polar surface area (TPSA) is 51.6 Å². The summed E-state index contributed by atoms with van der Waals surface area (Å²) in [6.45, 7) is 0.448. The SMILES string of the molecule is Nc1ccc2ccc3ccc(-c4ccc(N(c5ccccc5)c5ccc6oc7ccccc7c6c5)cc4)cc3c2c1OCc1ccccc1. The van der Waals surface area contributed by atoms with Crippen LogP contribution in [0.15, 0.2) is 174 Å². The zero-order valence-corrected chi connectivity index (χ0v) is 26.7. The Morgan fingerprint density at radius 3 is 1.96 bits per heavy atom. The molecule has 0 aliphatic heterocycles. The molecule has 0 fully saturated rings. The van der Waals surface area contributed by atoms with E-state index in [0.717, 1.165) is 83.0 Å². The summed E-state index contributed by atoms with van der Waals surface area (Å²) in [6, 6.07) is 59.0. The minimum Gasteiger partial charge on any atom is -0.486 e. The van der Waals surface area contributed by atoms with Gasteiger partial charge in [-0.25, -0.2) is 0 Å². The quantitative estimate of drug-likeness (QED) is 0.140. The number of nitrogens with two attached hydrogens (primary N) is 1. The molecule has 1 aromatic heterocycles. The molecule has 1 heterocycles. The van der Waals surface area contributed by atoms with Crippen LogP contribution in [-0.4, -0.2) is 0 Å². The number of para-hydroxylation sites is 2. The lowest BCUT2D eigenvalue weighted by Gasteiger charge is -2.25. The van der Waals surface area contributed by atoms with Crippen LogP contribution in [0.2, 0.25) is 0 Å². The van der Waals surface area contributed by atoms with Crippen LogP contribution < -0.4 is 15.4 Å². The van der Waals surface area contributed by atoms with Gasteiger partial charge in [0.15, 0.2) is 5.75 Å². The molecule has 234 valence electrons. The highest BCUT2D eigenvalue weighted by atomic mass is 16.5. The predicted molar refractivity (Wildman–Crippen MR) is 204 cm³/mol. The van der Waals surface area contributed by atoms with Crippen LogP contribution in [0.4, 0.5) is 22.7 Å². The molecule has 0 amide bonds. The summed E-state index contributed by atoms with van der Waals surface area (Å²) in [7, 11) is 0. The van der Waals surface area contributed by atoms with Gasteiger partial charge < -0.3 is 19.8 Å². The number of hydrogen-bond acceptors (Lipinski definition) is 4. The van der Waals surface area contributed by atoms with Crippen LogP contribution in [0, 0.1) is 0 Å². The summed E-state index contributed by atoms with van der Waals surface area (Å²) in [5, 5.41) is 6.59. The average Bonchev–Trinajstić information content (AvgIpc) is 3.53. The average molecular weight is 633 g/mol. The molecular formula is C45H32N2O2. The van der Waals surface area contributed by atoms with Gasteiger partial charge in [0.1, 0.15) is 17.8 Å². The molecule has 0 saturated heterocycles. The molecular weight excluding hydrogens is 601 g/mol. The van der Waals surface area contributed by atoms with E-state index in [1.54, 1.807) is 0 Å². The van der Waals surface area contributed by atoms with Gasteiger partial charge in [-0.1, -0.05) is 109 Å². The van der Waals surface area contributed by atoms with E-state index in [0.29, 0.717) is 12.3 Å². The molecule has 0 aliphatic carbocycles. The molecule has 0 spiro atoms. The maximum atomic E-state index is 6.55. The number of rotatable bonds is 7. The first-order chi connectivity index (χ1) is 24.2. The van der Waals surface area contributed by atoms with Crippen molar-refractivity contribution in [2.24, 2.45) is 0 Å². The molecule has 4 heteroatoms. The highest BCUT2D eigenvalue weighted by molar-refractivity contribution is 6.13. The maximum absolute atomic E-state index is 6.55. The van der Waals surface area contributed by atoms with Crippen molar-refractivity contribution >= 4 is 66.2 Å². The number of furan rings is 1. The molecule has 2 N–H and O–H groups in total. The van der Waals surface area contributed by atoms with Gasteiger partial charge in [0, 0.05) is 33.2 Å². The predicted octanol–water partition coefficient (Wildman–Crippen LogP) is 12.2. The van der Waals surface area contributed by atoms with Gasteiger partial charge in [-0.3, -0.25) is 0 Å². The van der Waals surface area contributed by atoms with E-state index in [1.165, 1.54) is 0 Å². The van der Waals surface area contributed by atoms with Crippen LogP contribution in [-0.2, 0) is 6.61 Å². The molecule has 0 unspecified atom stereocenters. The second-order valence-electron chi connectivity index (χ2n) is 12.4. The summed E-state index contributed by atoms with van der Waals surface area (Å²) in [5.41, 5.74) is 15.5. The van der Waals surface area contributed by atoms with Crippen molar-refractivity contribution < 1.29 is 9.15 Å². The Morgan fingerprint density at radius 2 is 1.12 bits per heavy atom. The van der Waals surface area contributed by atoms with Gasteiger partial charge in [0.2, 0.25) is 0 Å². The Kier molecular flexibility index (Phi) is 6.98. The maximum Gasteiger partial charge on any atom is 0.151 e. The van der Waals surface area contributed by atoms with Crippen molar-refractivity contribution in [2.75, 3.05) is 10.6 Å². The molecule has 4 nitrogen and oxygen atoms in total. The third-order valence-electron chi connectivity index (χ3n) is 9.30. The molecule has 8 aromatic carbocycles. The van der Waals surface area contributed by atoms with E-state index in [1.807, 2.05) is 42.5 Å². The van der Waals surface area contributed by atoms with E-state index < -0.39 is 0 Å². The van der Waals surface area contributed by atoms with Crippen LogP contribution in [0.5, 0.6) is 5.75 Å². The highest BCUT2D eigenvalue weighted by Crippen LogP contribution is 2.41. The molecule has 0 aliphatic rings. The fourth-order valence-corrected chi connectivity index (χ4v) is 6.87. The minimum atomic E-state index is 0.448. The second kappa shape index (κ2) is 11.9. The Bertz CT molecular complexity index is 2610. The van der Waals surface area contributed by atoms with Crippen molar-refractivity contribution in [1.82, 2.24) is 0 Å². The van der Waals surface area contributed by atoms with E-state index in [-0.39, 0.29) is 0 Å². The smallest absolute Gasteiger partial charge is 0.151 e. The van der Waals surface area contributed by atoms with E-state index >= 15 is 0 Å². The number of ether oxygens (including phenoxy) is 1. The summed E-state index contributed by atoms with van der Waals surface area (Å²) >= 11 is 0. The number of anilines is 4. The third-order valence-corrected chi connectivity index (χ3v) is 9.30. The second-order valence-corrected chi connectivity index (χ2v) is 12.4. The highest BCUT2D eigenvalue weighted by Gasteiger charge is 2.16.